The summed E-state index contributed by atoms with van der Waals surface area (Å²) in [5.74, 6) is 0.598. The monoisotopic (exact) mass is 334 g/mol. The number of rotatable bonds is 3. The molecule has 0 aliphatic rings. The summed E-state index contributed by atoms with van der Waals surface area (Å²) in [6.45, 7) is 2.38. The van der Waals surface area contributed by atoms with Crippen LogP contribution >= 0.6 is 0 Å². The van der Waals surface area contributed by atoms with Crippen LogP contribution in [0.2, 0.25) is 0 Å². The van der Waals surface area contributed by atoms with Gasteiger partial charge in [-0.05, 0) is 31.2 Å². The van der Waals surface area contributed by atoms with Crippen molar-refractivity contribution in [3.05, 3.63) is 75.4 Å². The lowest BCUT2D eigenvalue weighted by molar-refractivity contribution is 0.340. The molecule has 0 fully saturated rings. The number of benzene rings is 2. The van der Waals surface area contributed by atoms with Crippen LogP contribution in [0.25, 0.3) is 33.1 Å². The van der Waals surface area contributed by atoms with E-state index in [1.807, 2.05) is 19.1 Å². The molecule has 25 heavy (non-hydrogen) atoms. The Labute approximate surface area is 142 Å². The third-order valence-corrected chi connectivity index (χ3v) is 3.96. The molecule has 0 aliphatic heterocycles. The minimum Gasteiger partial charge on any atom is -0.494 e. The second-order valence-corrected chi connectivity index (χ2v) is 5.56. The van der Waals surface area contributed by atoms with Gasteiger partial charge in [0, 0.05) is 28.5 Å². The molecule has 4 aromatic rings. The smallest absolute Gasteiger partial charge is 0.344 e. The van der Waals surface area contributed by atoms with Crippen molar-refractivity contribution in [2.24, 2.45) is 0 Å². The normalized spacial score (nSPS) is 11.1. The zero-order valence-electron chi connectivity index (χ0n) is 13.4. The van der Waals surface area contributed by atoms with Gasteiger partial charge in [-0.25, -0.2) is 9.59 Å². The first kappa shape index (κ1) is 15.2. The second kappa shape index (κ2) is 5.94. The minimum absolute atomic E-state index is 0.320. The Morgan fingerprint density at radius 2 is 1.72 bits per heavy atom. The molecule has 0 N–H and O–H groups in total. The second-order valence-electron chi connectivity index (χ2n) is 5.56. The molecule has 0 atom stereocenters. The van der Waals surface area contributed by atoms with E-state index in [0.717, 1.165) is 5.39 Å². The molecular weight excluding hydrogens is 320 g/mol. The van der Waals surface area contributed by atoms with Gasteiger partial charge in [0.15, 0.2) is 0 Å². The fourth-order valence-electron chi connectivity index (χ4n) is 2.87. The Morgan fingerprint density at radius 3 is 2.56 bits per heavy atom. The Balaban J connectivity index is 2.02. The average molecular weight is 334 g/mol. The van der Waals surface area contributed by atoms with Crippen LogP contribution in [0.3, 0.4) is 0 Å². The largest absolute Gasteiger partial charge is 0.494 e. The van der Waals surface area contributed by atoms with Gasteiger partial charge in [0.2, 0.25) is 0 Å². The van der Waals surface area contributed by atoms with E-state index in [2.05, 4.69) is 0 Å². The molecule has 0 bridgehead atoms. The van der Waals surface area contributed by atoms with E-state index in [1.54, 1.807) is 36.4 Å². The van der Waals surface area contributed by atoms with Crippen molar-refractivity contribution in [2.75, 3.05) is 6.61 Å². The van der Waals surface area contributed by atoms with Gasteiger partial charge in [-0.2, -0.15) is 0 Å². The quantitative estimate of drug-likeness (QED) is 0.530. The summed E-state index contributed by atoms with van der Waals surface area (Å²) in [6, 6.07) is 15.5. The summed E-state index contributed by atoms with van der Waals surface area (Å²) in [7, 11) is 0. The SMILES string of the molecule is CCOc1ccc2c(-c3cc4ccccc4oc3=O)cc(=O)oc2c1. The molecular formula is C20H14O5. The molecule has 2 aromatic carbocycles. The predicted molar refractivity (Wildman–Crippen MR) is 95.1 cm³/mol. The summed E-state index contributed by atoms with van der Waals surface area (Å²) in [4.78, 5) is 24.4. The average Bonchev–Trinajstić information content (AvgIpc) is 2.60. The standard InChI is InChI=1S/C20H14O5/c1-2-23-13-7-8-14-15(11-19(21)24-18(14)10-13)16-9-12-5-3-4-6-17(12)25-20(16)22/h3-11H,2H2,1H3. The number of hydrogen-bond acceptors (Lipinski definition) is 5. The molecule has 0 radical (unpaired) electrons. The van der Waals surface area contributed by atoms with Gasteiger partial charge < -0.3 is 13.6 Å². The lowest BCUT2D eigenvalue weighted by Gasteiger charge is -2.08. The van der Waals surface area contributed by atoms with Gasteiger partial charge in [-0.15, -0.1) is 0 Å². The maximum absolute atomic E-state index is 12.4. The zero-order chi connectivity index (χ0) is 17.4. The van der Waals surface area contributed by atoms with E-state index < -0.39 is 11.3 Å². The van der Waals surface area contributed by atoms with Crippen molar-refractivity contribution in [1.29, 1.82) is 0 Å². The van der Waals surface area contributed by atoms with E-state index in [0.29, 0.717) is 40.0 Å². The highest BCUT2D eigenvalue weighted by Crippen LogP contribution is 2.29. The summed E-state index contributed by atoms with van der Waals surface area (Å²) in [5, 5.41) is 1.43. The van der Waals surface area contributed by atoms with Crippen LogP contribution < -0.4 is 16.0 Å². The molecule has 0 unspecified atom stereocenters. The highest BCUT2D eigenvalue weighted by Gasteiger charge is 2.14. The molecule has 0 saturated carbocycles. The molecule has 0 aliphatic carbocycles. The Kier molecular flexibility index (Phi) is 3.61. The first-order valence-corrected chi connectivity index (χ1v) is 7.89. The van der Waals surface area contributed by atoms with E-state index in [9.17, 15) is 9.59 Å². The van der Waals surface area contributed by atoms with E-state index in [4.69, 9.17) is 13.6 Å². The van der Waals surface area contributed by atoms with Gasteiger partial charge in [-0.3, -0.25) is 0 Å². The third-order valence-electron chi connectivity index (χ3n) is 3.96. The highest BCUT2D eigenvalue weighted by atomic mass is 16.5. The summed E-state index contributed by atoms with van der Waals surface area (Å²) in [6.07, 6.45) is 0. The van der Waals surface area contributed by atoms with Gasteiger partial charge >= 0.3 is 11.3 Å². The van der Waals surface area contributed by atoms with Crippen LogP contribution in [0.15, 0.2) is 73.0 Å². The summed E-state index contributed by atoms with van der Waals surface area (Å²) >= 11 is 0. The molecule has 0 amide bonds. The predicted octanol–water partition coefficient (Wildman–Crippen LogP) is 3.97. The third kappa shape index (κ3) is 2.70. The van der Waals surface area contributed by atoms with Crippen LogP contribution in [0.4, 0.5) is 0 Å². The number of hydrogen-bond donors (Lipinski definition) is 0. The van der Waals surface area contributed by atoms with Crippen LogP contribution in [0, 0.1) is 0 Å². The molecule has 4 rings (SSSR count). The van der Waals surface area contributed by atoms with Crippen molar-refractivity contribution in [3.8, 4) is 16.9 Å². The van der Waals surface area contributed by atoms with Crippen molar-refractivity contribution in [2.45, 2.75) is 6.92 Å². The van der Waals surface area contributed by atoms with E-state index in [-0.39, 0.29) is 0 Å². The Hall–Kier alpha value is -3.34. The lowest BCUT2D eigenvalue weighted by Crippen LogP contribution is -2.06. The lowest BCUT2D eigenvalue weighted by atomic mass is 10.0. The van der Waals surface area contributed by atoms with E-state index in [1.165, 1.54) is 6.07 Å². The highest BCUT2D eigenvalue weighted by molar-refractivity contribution is 5.95. The maximum Gasteiger partial charge on any atom is 0.344 e. The van der Waals surface area contributed by atoms with Crippen molar-refractivity contribution in [1.82, 2.24) is 0 Å². The zero-order valence-corrected chi connectivity index (χ0v) is 13.4. The van der Waals surface area contributed by atoms with Crippen LogP contribution in [-0.4, -0.2) is 6.61 Å². The van der Waals surface area contributed by atoms with Gasteiger partial charge in [0.1, 0.15) is 16.9 Å². The topological polar surface area (TPSA) is 69.7 Å². The molecule has 2 aromatic heterocycles. The first-order chi connectivity index (χ1) is 12.2. The van der Waals surface area contributed by atoms with Crippen molar-refractivity contribution >= 4 is 21.9 Å². The van der Waals surface area contributed by atoms with Crippen molar-refractivity contribution in [3.63, 3.8) is 0 Å². The van der Waals surface area contributed by atoms with Crippen LogP contribution in [0.5, 0.6) is 5.75 Å². The molecule has 5 nitrogen and oxygen atoms in total. The molecule has 5 heteroatoms. The van der Waals surface area contributed by atoms with Crippen LogP contribution in [0.1, 0.15) is 6.92 Å². The Morgan fingerprint density at radius 1 is 0.880 bits per heavy atom. The fraction of sp³-hybridized carbons (Fsp3) is 0.100. The summed E-state index contributed by atoms with van der Waals surface area (Å²) in [5.41, 5.74) is 0.626. The molecule has 2 heterocycles. The molecule has 0 saturated heterocycles. The number of para-hydroxylation sites is 1. The maximum atomic E-state index is 12.4. The van der Waals surface area contributed by atoms with Gasteiger partial charge in [0.25, 0.3) is 0 Å². The number of fused-ring (bicyclic) bond motifs is 2. The Bertz CT molecular complexity index is 1200. The van der Waals surface area contributed by atoms with Gasteiger partial charge in [0.05, 0.1) is 12.2 Å². The summed E-state index contributed by atoms with van der Waals surface area (Å²) < 4.78 is 16.1. The number of ether oxygens (including phenoxy) is 1. The van der Waals surface area contributed by atoms with Gasteiger partial charge in [-0.1, -0.05) is 18.2 Å². The minimum atomic E-state index is -0.538. The van der Waals surface area contributed by atoms with Crippen molar-refractivity contribution < 1.29 is 13.6 Å². The fourth-order valence-corrected chi connectivity index (χ4v) is 2.87. The van der Waals surface area contributed by atoms with E-state index >= 15 is 0 Å². The molecule has 124 valence electrons. The first-order valence-electron chi connectivity index (χ1n) is 7.89. The molecule has 0 spiro atoms. The van der Waals surface area contributed by atoms with Crippen LogP contribution in [-0.2, 0) is 0 Å².